The molecule has 0 aliphatic carbocycles. The van der Waals surface area contributed by atoms with Gasteiger partial charge in [0.15, 0.2) is 0 Å². The summed E-state index contributed by atoms with van der Waals surface area (Å²) in [7, 11) is 0. The first-order valence-electron chi connectivity index (χ1n) is 4.59. The summed E-state index contributed by atoms with van der Waals surface area (Å²) >= 11 is 0. The molecule has 15 heavy (non-hydrogen) atoms. The first kappa shape index (κ1) is 16.3. The van der Waals surface area contributed by atoms with Gasteiger partial charge in [-0.1, -0.05) is 6.92 Å². The minimum Gasteiger partial charge on any atom is -0.481 e. The topological polar surface area (TPSA) is 115 Å². The highest BCUT2D eigenvalue weighted by Crippen LogP contribution is 1.93. The Morgan fingerprint density at radius 1 is 1.00 bits per heavy atom. The minimum atomic E-state index is -0.948. The van der Waals surface area contributed by atoms with Crippen LogP contribution in [0.4, 0.5) is 0 Å². The molecule has 90 valence electrons. The molecule has 0 spiro atoms. The number of rotatable bonds is 6. The monoisotopic (exact) mass is 222 g/mol. The van der Waals surface area contributed by atoms with Crippen LogP contribution in [0.3, 0.4) is 0 Å². The highest BCUT2D eigenvalue weighted by Gasteiger charge is 1.99. The maximum Gasteiger partial charge on any atom is 0.303 e. The van der Waals surface area contributed by atoms with Gasteiger partial charge in [-0.2, -0.15) is 0 Å². The largest absolute Gasteiger partial charge is 0.481 e. The molecule has 0 rings (SSSR count). The van der Waals surface area contributed by atoms with Crippen molar-refractivity contribution in [2.24, 2.45) is 5.92 Å². The number of hydrogen-bond acceptors (Lipinski definition) is 4. The van der Waals surface area contributed by atoms with Gasteiger partial charge in [0.25, 0.3) is 0 Å². The number of aliphatic hydroxyl groups is 2. The van der Waals surface area contributed by atoms with Crippen molar-refractivity contribution in [3.8, 4) is 0 Å². The average Bonchev–Trinajstić information content (AvgIpc) is 2.16. The summed E-state index contributed by atoms with van der Waals surface area (Å²) in [5, 5.41) is 32.4. The third kappa shape index (κ3) is 19.3. The van der Waals surface area contributed by atoms with Crippen LogP contribution in [0.1, 0.15) is 26.2 Å². The van der Waals surface area contributed by atoms with Gasteiger partial charge >= 0.3 is 11.9 Å². The van der Waals surface area contributed by atoms with Crippen LogP contribution in [-0.2, 0) is 9.59 Å². The second kappa shape index (κ2) is 10.9. The van der Waals surface area contributed by atoms with E-state index in [1.807, 2.05) is 0 Å². The molecule has 6 nitrogen and oxygen atoms in total. The molecule has 4 N–H and O–H groups in total. The van der Waals surface area contributed by atoms with E-state index in [4.69, 9.17) is 20.4 Å². The summed E-state index contributed by atoms with van der Waals surface area (Å²) in [6.45, 7) is 1.94. The van der Waals surface area contributed by atoms with Crippen molar-refractivity contribution < 1.29 is 30.0 Å². The van der Waals surface area contributed by atoms with Crippen molar-refractivity contribution in [1.82, 2.24) is 0 Å². The highest BCUT2D eigenvalue weighted by atomic mass is 16.4. The number of aliphatic hydroxyl groups excluding tert-OH is 2. The molecule has 0 saturated carbocycles. The lowest BCUT2D eigenvalue weighted by molar-refractivity contribution is -0.138. The lowest BCUT2D eigenvalue weighted by atomic mass is 10.2. The zero-order valence-corrected chi connectivity index (χ0v) is 8.72. The molecule has 0 atom stereocenters. The summed E-state index contributed by atoms with van der Waals surface area (Å²) in [5.74, 6) is -1.85. The van der Waals surface area contributed by atoms with Crippen LogP contribution < -0.4 is 0 Å². The second-order valence-electron chi connectivity index (χ2n) is 3.11. The van der Waals surface area contributed by atoms with Gasteiger partial charge in [-0.15, -0.1) is 0 Å². The molecule has 0 amide bonds. The fraction of sp³-hybridized carbons (Fsp3) is 0.778. The van der Waals surface area contributed by atoms with Crippen molar-refractivity contribution >= 4 is 11.9 Å². The Labute approximate surface area is 88.2 Å². The molecule has 0 aromatic heterocycles. The molecule has 0 bridgehead atoms. The van der Waals surface area contributed by atoms with Crippen LogP contribution in [0.15, 0.2) is 0 Å². The number of aliphatic carboxylic acids is 2. The molecule has 0 fully saturated rings. The van der Waals surface area contributed by atoms with Gasteiger partial charge in [0.05, 0.1) is 0 Å². The smallest absolute Gasteiger partial charge is 0.303 e. The molecule has 0 heterocycles. The van der Waals surface area contributed by atoms with Crippen molar-refractivity contribution in [2.45, 2.75) is 26.2 Å². The maximum absolute atomic E-state index is 9.79. The van der Waals surface area contributed by atoms with E-state index in [9.17, 15) is 9.59 Å². The van der Waals surface area contributed by atoms with Gasteiger partial charge in [-0.3, -0.25) is 9.59 Å². The summed E-state index contributed by atoms with van der Waals surface area (Å²) in [6, 6.07) is 0. The summed E-state index contributed by atoms with van der Waals surface area (Å²) in [4.78, 5) is 19.6. The van der Waals surface area contributed by atoms with E-state index in [2.05, 4.69) is 0 Å². The average molecular weight is 222 g/mol. The zero-order chi connectivity index (χ0) is 12.3. The van der Waals surface area contributed by atoms with Crippen LogP contribution >= 0.6 is 0 Å². The molecule has 0 aromatic rings. The maximum atomic E-state index is 9.79. The first-order chi connectivity index (χ1) is 6.93. The number of carboxylic acid groups (broad SMARTS) is 2. The number of hydrogen-bond donors (Lipinski definition) is 4. The van der Waals surface area contributed by atoms with Gasteiger partial charge in [-0.25, -0.2) is 0 Å². The van der Waals surface area contributed by atoms with Crippen LogP contribution in [-0.4, -0.2) is 45.6 Å². The standard InChI is InChI=1S/C5H8O4.C4H10O2/c6-4(7)2-1-3-5(8)9;1-4(2-5)3-6/h1-3H2,(H,6,7)(H,8,9);4-6H,2-3H2,1H3. The van der Waals surface area contributed by atoms with Crippen LogP contribution in [0.2, 0.25) is 0 Å². The van der Waals surface area contributed by atoms with Crippen molar-refractivity contribution in [2.75, 3.05) is 13.2 Å². The van der Waals surface area contributed by atoms with Crippen molar-refractivity contribution in [1.29, 1.82) is 0 Å². The van der Waals surface area contributed by atoms with Gasteiger partial charge in [-0.05, 0) is 6.42 Å². The molecule has 0 saturated heterocycles. The van der Waals surface area contributed by atoms with E-state index >= 15 is 0 Å². The lowest BCUT2D eigenvalue weighted by Gasteiger charge is -1.97. The number of carbonyl (C=O) groups is 2. The molecular weight excluding hydrogens is 204 g/mol. The molecule has 0 aliphatic heterocycles. The Balaban J connectivity index is 0. The van der Waals surface area contributed by atoms with Crippen LogP contribution in [0, 0.1) is 5.92 Å². The highest BCUT2D eigenvalue weighted by molar-refractivity contribution is 5.69. The Kier molecular flexibility index (Phi) is 11.9. The van der Waals surface area contributed by atoms with Crippen molar-refractivity contribution in [3.05, 3.63) is 0 Å². The van der Waals surface area contributed by atoms with E-state index in [0.717, 1.165) is 0 Å². The van der Waals surface area contributed by atoms with Gasteiger partial charge < -0.3 is 20.4 Å². The van der Waals surface area contributed by atoms with Crippen LogP contribution in [0.5, 0.6) is 0 Å². The molecule has 0 aromatic carbocycles. The first-order valence-corrected chi connectivity index (χ1v) is 4.59. The molecule has 0 radical (unpaired) electrons. The summed E-state index contributed by atoms with van der Waals surface area (Å²) in [5.41, 5.74) is 0. The van der Waals surface area contributed by atoms with E-state index in [1.165, 1.54) is 0 Å². The Bertz CT molecular complexity index is 161. The lowest BCUT2D eigenvalue weighted by Crippen LogP contribution is -2.04. The molecule has 6 heteroatoms. The summed E-state index contributed by atoms with van der Waals surface area (Å²) < 4.78 is 0. The predicted octanol–water partition coefficient (Wildman–Crippen LogP) is -0.0670. The normalized spacial score (nSPS) is 9.33. The molecular formula is C9H18O6. The third-order valence-corrected chi connectivity index (χ3v) is 1.40. The van der Waals surface area contributed by atoms with E-state index in [-0.39, 0.29) is 38.4 Å². The van der Waals surface area contributed by atoms with Crippen molar-refractivity contribution in [3.63, 3.8) is 0 Å². The Hall–Kier alpha value is -1.14. The Morgan fingerprint density at radius 2 is 1.33 bits per heavy atom. The van der Waals surface area contributed by atoms with Gasteiger partial charge in [0, 0.05) is 32.0 Å². The van der Waals surface area contributed by atoms with E-state index < -0.39 is 11.9 Å². The second-order valence-corrected chi connectivity index (χ2v) is 3.11. The number of carboxylic acids is 2. The molecule has 0 aliphatic rings. The van der Waals surface area contributed by atoms with E-state index in [0.29, 0.717) is 0 Å². The SMILES string of the molecule is CC(CO)CO.O=C(O)CCCC(=O)O. The predicted molar refractivity (Wildman–Crippen MR) is 52.5 cm³/mol. The summed E-state index contributed by atoms with van der Waals surface area (Å²) in [6.07, 6.45) is 0.0866. The fourth-order valence-corrected chi connectivity index (χ4v) is 0.449. The van der Waals surface area contributed by atoms with E-state index in [1.54, 1.807) is 6.92 Å². The fourth-order valence-electron chi connectivity index (χ4n) is 0.449. The van der Waals surface area contributed by atoms with Gasteiger partial charge in [0.2, 0.25) is 0 Å². The van der Waals surface area contributed by atoms with Gasteiger partial charge in [0.1, 0.15) is 0 Å². The quantitative estimate of drug-likeness (QED) is 0.500. The molecule has 0 unspecified atom stereocenters. The zero-order valence-electron chi connectivity index (χ0n) is 8.72. The Morgan fingerprint density at radius 3 is 1.47 bits per heavy atom. The minimum absolute atomic E-state index is 0.0463. The third-order valence-electron chi connectivity index (χ3n) is 1.40. The van der Waals surface area contributed by atoms with Crippen LogP contribution in [0.25, 0.3) is 0 Å².